The van der Waals surface area contributed by atoms with Gasteiger partial charge in [-0.2, -0.15) is 0 Å². The number of anilines is 1. The van der Waals surface area contributed by atoms with Gasteiger partial charge in [0.2, 0.25) is 0 Å². The molecule has 0 saturated carbocycles. The average Bonchev–Trinajstić information content (AvgIpc) is 2.76. The summed E-state index contributed by atoms with van der Waals surface area (Å²) in [6.07, 6.45) is 2.11. The molecule has 0 unspecified atom stereocenters. The minimum absolute atomic E-state index is 0.281. The molecule has 0 amide bonds. The smallest absolute Gasteiger partial charge is 0.0640 e. The highest BCUT2D eigenvalue weighted by molar-refractivity contribution is 7.12. The zero-order valence-electron chi connectivity index (χ0n) is 12.5. The fourth-order valence-corrected chi connectivity index (χ4v) is 3.98. The number of benzene rings is 1. The summed E-state index contributed by atoms with van der Waals surface area (Å²) >= 11 is 8.32. The number of hydrogen-bond acceptors (Lipinski definition) is 3. The Labute approximate surface area is 135 Å². The van der Waals surface area contributed by atoms with Gasteiger partial charge < -0.3 is 10.6 Å². The van der Waals surface area contributed by atoms with Crippen molar-refractivity contribution in [3.8, 4) is 0 Å². The van der Waals surface area contributed by atoms with Gasteiger partial charge in [0.15, 0.2) is 0 Å². The molecular formula is C17H21ClN2S. The lowest BCUT2D eigenvalue weighted by Crippen LogP contribution is -2.16. The summed E-state index contributed by atoms with van der Waals surface area (Å²) < 4.78 is 0. The third kappa shape index (κ3) is 3.25. The van der Waals surface area contributed by atoms with Crippen molar-refractivity contribution < 1.29 is 0 Å². The Morgan fingerprint density at radius 3 is 2.76 bits per heavy atom. The van der Waals surface area contributed by atoms with Crippen LogP contribution in [0.3, 0.4) is 0 Å². The third-order valence-corrected chi connectivity index (χ3v) is 5.53. The van der Waals surface area contributed by atoms with Crippen LogP contribution < -0.4 is 10.6 Å². The Morgan fingerprint density at radius 2 is 2.00 bits per heavy atom. The zero-order valence-corrected chi connectivity index (χ0v) is 14.1. The van der Waals surface area contributed by atoms with Gasteiger partial charge in [-0.1, -0.05) is 17.7 Å². The molecule has 0 radical (unpaired) electrons. The van der Waals surface area contributed by atoms with Crippen LogP contribution in [0.25, 0.3) is 0 Å². The third-order valence-electron chi connectivity index (χ3n) is 4.03. The molecule has 1 aromatic carbocycles. The molecule has 1 aliphatic rings. The molecule has 0 bridgehead atoms. The molecule has 2 aromatic rings. The van der Waals surface area contributed by atoms with Crippen LogP contribution in [0.1, 0.15) is 33.8 Å². The number of rotatable bonds is 3. The highest BCUT2D eigenvalue weighted by Gasteiger charge is 2.17. The van der Waals surface area contributed by atoms with E-state index in [-0.39, 0.29) is 6.04 Å². The number of nitrogens with one attached hydrogen (secondary N) is 2. The van der Waals surface area contributed by atoms with Crippen LogP contribution in [0.5, 0.6) is 0 Å². The average molecular weight is 321 g/mol. The van der Waals surface area contributed by atoms with E-state index in [4.69, 9.17) is 11.6 Å². The molecular weight excluding hydrogens is 300 g/mol. The van der Waals surface area contributed by atoms with Gasteiger partial charge in [0.05, 0.1) is 16.8 Å². The van der Waals surface area contributed by atoms with E-state index in [9.17, 15) is 0 Å². The molecule has 0 spiro atoms. The molecule has 2 heterocycles. The van der Waals surface area contributed by atoms with E-state index in [1.807, 2.05) is 17.4 Å². The predicted octanol–water partition coefficient (Wildman–Crippen LogP) is 4.57. The summed E-state index contributed by atoms with van der Waals surface area (Å²) in [6.45, 7) is 6.42. The van der Waals surface area contributed by atoms with Crippen LogP contribution in [-0.2, 0) is 12.8 Å². The van der Waals surface area contributed by atoms with Crippen molar-refractivity contribution in [3.63, 3.8) is 0 Å². The van der Waals surface area contributed by atoms with Crippen molar-refractivity contribution >= 4 is 28.6 Å². The summed E-state index contributed by atoms with van der Waals surface area (Å²) in [5.74, 6) is 0. The normalized spacial score (nSPS) is 16.1. The van der Waals surface area contributed by atoms with Gasteiger partial charge in [-0.15, -0.1) is 11.3 Å². The van der Waals surface area contributed by atoms with Gasteiger partial charge in [-0.3, -0.25) is 0 Å². The first-order valence-corrected chi connectivity index (χ1v) is 8.68. The number of fused-ring (bicyclic) bond motifs is 1. The van der Waals surface area contributed by atoms with E-state index >= 15 is 0 Å². The molecule has 2 N–H and O–H groups in total. The maximum atomic E-state index is 6.47. The van der Waals surface area contributed by atoms with Crippen LogP contribution in [0.2, 0.25) is 5.02 Å². The van der Waals surface area contributed by atoms with Crippen molar-refractivity contribution in [2.24, 2.45) is 0 Å². The number of hydrogen-bond donors (Lipinski definition) is 2. The summed E-state index contributed by atoms with van der Waals surface area (Å²) in [7, 11) is 0. The predicted molar refractivity (Wildman–Crippen MR) is 92.8 cm³/mol. The quantitative estimate of drug-likeness (QED) is 0.865. The molecule has 1 aliphatic heterocycles. The summed E-state index contributed by atoms with van der Waals surface area (Å²) in [5.41, 5.74) is 3.92. The van der Waals surface area contributed by atoms with E-state index in [1.165, 1.54) is 20.9 Å². The van der Waals surface area contributed by atoms with Crippen LogP contribution in [0.4, 0.5) is 5.69 Å². The standard InChI is InChI=1S/C17H21ClN2S/c1-11-3-6-16(21-11)12(2)20-17-14-8-10-19-9-7-13(14)4-5-15(17)18/h3-6,12,19-20H,7-10H2,1-2H3/t12-/m0/s1. The first kappa shape index (κ1) is 14.9. The minimum Gasteiger partial charge on any atom is -0.376 e. The lowest BCUT2D eigenvalue weighted by Gasteiger charge is -2.20. The molecule has 21 heavy (non-hydrogen) atoms. The topological polar surface area (TPSA) is 24.1 Å². The second-order valence-corrected chi connectivity index (χ2v) is 7.35. The lowest BCUT2D eigenvalue weighted by atomic mass is 10.0. The number of aryl methyl sites for hydroxylation is 1. The van der Waals surface area contributed by atoms with Crippen LogP contribution in [-0.4, -0.2) is 13.1 Å². The second kappa shape index (κ2) is 6.39. The number of halogens is 1. The Morgan fingerprint density at radius 1 is 1.19 bits per heavy atom. The molecule has 3 rings (SSSR count). The second-order valence-electron chi connectivity index (χ2n) is 5.62. The van der Waals surface area contributed by atoms with Crippen molar-refractivity contribution in [2.75, 3.05) is 18.4 Å². The van der Waals surface area contributed by atoms with Crippen LogP contribution in [0.15, 0.2) is 24.3 Å². The van der Waals surface area contributed by atoms with Crippen LogP contribution >= 0.6 is 22.9 Å². The highest BCUT2D eigenvalue weighted by Crippen LogP contribution is 2.34. The Kier molecular flexibility index (Phi) is 4.53. The molecule has 112 valence electrons. The van der Waals surface area contributed by atoms with Crippen molar-refractivity contribution in [1.29, 1.82) is 0 Å². The molecule has 2 nitrogen and oxygen atoms in total. The Balaban J connectivity index is 1.91. The van der Waals surface area contributed by atoms with Crippen molar-refractivity contribution in [3.05, 3.63) is 50.2 Å². The summed E-state index contributed by atoms with van der Waals surface area (Å²) in [6, 6.07) is 8.86. The van der Waals surface area contributed by atoms with Gasteiger partial charge in [-0.05, 0) is 69.1 Å². The Hall–Kier alpha value is -1.03. The van der Waals surface area contributed by atoms with Gasteiger partial charge >= 0.3 is 0 Å². The fourth-order valence-electron chi connectivity index (χ4n) is 2.87. The molecule has 0 aliphatic carbocycles. The van der Waals surface area contributed by atoms with E-state index in [0.29, 0.717) is 0 Å². The minimum atomic E-state index is 0.281. The van der Waals surface area contributed by atoms with Gasteiger partial charge in [0.1, 0.15) is 0 Å². The first-order valence-electron chi connectivity index (χ1n) is 7.49. The molecule has 1 atom stereocenters. The SMILES string of the molecule is Cc1ccc([C@H](C)Nc2c(Cl)ccc3c2CCNCC3)s1. The molecule has 4 heteroatoms. The highest BCUT2D eigenvalue weighted by atomic mass is 35.5. The van der Waals surface area contributed by atoms with Gasteiger partial charge in [-0.25, -0.2) is 0 Å². The molecule has 0 fully saturated rings. The maximum Gasteiger partial charge on any atom is 0.0640 e. The van der Waals surface area contributed by atoms with E-state index in [2.05, 4.69) is 42.7 Å². The fraction of sp³-hybridized carbons (Fsp3) is 0.412. The monoisotopic (exact) mass is 320 g/mol. The van der Waals surface area contributed by atoms with Crippen molar-refractivity contribution in [1.82, 2.24) is 5.32 Å². The lowest BCUT2D eigenvalue weighted by molar-refractivity contribution is 0.711. The van der Waals surface area contributed by atoms with E-state index in [1.54, 1.807) is 0 Å². The summed E-state index contributed by atoms with van der Waals surface area (Å²) in [5, 5.41) is 7.94. The number of thiophene rings is 1. The Bertz CT molecular complexity index is 636. The molecule has 1 aromatic heterocycles. The van der Waals surface area contributed by atoms with E-state index < -0.39 is 0 Å². The largest absolute Gasteiger partial charge is 0.376 e. The molecule has 0 saturated heterocycles. The van der Waals surface area contributed by atoms with Gasteiger partial charge in [0.25, 0.3) is 0 Å². The first-order chi connectivity index (χ1) is 10.1. The maximum absolute atomic E-state index is 6.47. The van der Waals surface area contributed by atoms with Crippen molar-refractivity contribution in [2.45, 2.75) is 32.7 Å². The summed E-state index contributed by atoms with van der Waals surface area (Å²) in [4.78, 5) is 2.70. The van der Waals surface area contributed by atoms with E-state index in [0.717, 1.165) is 36.6 Å². The van der Waals surface area contributed by atoms with Crippen LogP contribution in [0, 0.1) is 6.92 Å². The van der Waals surface area contributed by atoms with Gasteiger partial charge in [0, 0.05) is 9.75 Å². The zero-order chi connectivity index (χ0) is 14.8.